The van der Waals surface area contributed by atoms with E-state index in [4.69, 9.17) is 5.11 Å². The van der Waals surface area contributed by atoms with Crippen molar-refractivity contribution < 1.29 is 23.1 Å². The molecule has 0 saturated heterocycles. The molecule has 0 amide bonds. The van der Waals surface area contributed by atoms with Gasteiger partial charge in [0.15, 0.2) is 0 Å². The second-order valence-electron chi connectivity index (χ2n) is 3.97. The molecule has 2 heterocycles. The first-order valence-corrected chi connectivity index (χ1v) is 7.23. The van der Waals surface area contributed by atoms with E-state index in [9.17, 15) is 18.0 Å². The number of carboxylic acid groups (broad SMARTS) is 1. The minimum atomic E-state index is -4.45. The minimum absolute atomic E-state index is 0.209. The lowest BCUT2D eigenvalue weighted by molar-refractivity contribution is -0.143. The largest absolute Gasteiger partial charge is 0.480 e. The quantitative estimate of drug-likeness (QED) is 0.821. The average Bonchev–Trinajstić information content (AvgIpc) is 2.94. The highest BCUT2D eigenvalue weighted by Gasteiger charge is 2.35. The molecule has 0 unspecified atom stereocenters. The van der Waals surface area contributed by atoms with E-state index in [0.717, 1.165) is 26.9 Å². The molecule has 0 saturated carbocycles. The second kappa shape index (κ2) is 6.08. The van der Waals surface area contributed by atoms with Gasteiger partial charge in [-0.1, -0.05) is 0 Å². The Balaban J connectivity index is 2.13. The smallest absolute Gasteiger partial charge is 0.433 e. The van der Waals surface area contributed by atoms with E-state index in [1.807, 2.05) is 0 Å². The van der Waals surface area contributed by atoms with Gasteiger partial charge in [0.1, 0.15) is 17.9 Å². The van der Waals surface area contributed by atoms with Crippen LogP contribution in [0.2, 0.25) is 0 Å². The summed E-state index contributed by atoms with van der Waals surface area (Å²) in [6.45, 7) is -0.209. The zero-order chi connectivity index (χ0) is 15.6. The van der Waals surface area contributed by atoms with Gasteiger partial charge in [0.25, 0.3) is 0 Å². The number of thiophene rings is 1. The van der Waals surface area contributed by atoms with Gasteiger partial charge in [-0.25, -0.2) is 4.72 Å². The molecule has 2 aromatic heterocycles. The molecule has 0 fully saturated rings. The Morgan fingerprint density at radius 2 is 2.24 bits per heavy atom. The van der Waals surface area contributed by atoms with Crippen molar-refractivity contribution in [2.24, 2.45) is 7.05 Å². The summed E-state index contributed by atoms with van der Waals surface area (Å²) in [5.41, 5.74) is -0.580. The molecule has 5 nitrogen and oxygen atoms in total. The van der Waals surface area contributed by atoms with Crippen LogP contribution in [0.4, 0.5) is 13.2 Å². The number of carboxylic acids is 1. The molecule has 0 radical (unpaired) electrons. The highest BCUT2D eigenvalue weighted by atomic mass is 32.2. The van der Waals surface area contributed by atoms with Gasteiger partial charge >= 0.3 is 12.1 Å². The number of aromatic nitrogens is 2. The highest BCUT2D eigenvalue weighted by Crippen LogP contribution is 2.35. The van der Waals surface area contributed by atoms with Crippen molar-refractivity contribution in [3.05, 3.63) is 23.9 Å². The van der Waals surface area contributed by atoms with Crippen molar-refractivity contribution in [3.63, 3.8) is 0 Å². The van der Waals surface area contributed by atoms with Gasteiger partial charge in [0.2, 0.25) is 0 Å². The predicted octanol–water partition coefficient (Wildman–Crippen LogP) is 2.85. The van der Waals surface area contributed by atoms with Crippen molar-refractivity contribution in [1.82, 2.24) is 14.5 Å². The molecule has 0 aliphatic heterocycles. The third kappa shape index (κ3) is 3.99. The van der Waals surface area contributed by atoms with Gasteiger partial charge in [-0.2, -0.15) is 18.3 Å². The fourth-order valence-corrected chi connectivity index (χ4v) is 3.31. The van der Waals surface area contributed by atoms with E-state index in [1.165, 1.54) is 18.4 Å². The Bertz CT molecular complexity index is 651. The summed E-state index contributed by atoms with van der Waals surface area (Å²) in [6, 6.07) is 4.34. The number of halogens is 3. The number of hydrogen-bond acceptors (Lipinski definition) is 5. The SMILES string of the molecule is Cn1nc(-c2ccc(SNCC(=O)O)s2)cc1C(F)(F)F. The summed E-state index contributed by atoms with van der Waals surface area (Å²) in [5.74, 6) is -0.987. The molecule has 0 spiro atoms. The predicted molar refractivity (Wildman–Crippen MR) is 73.0 cm³/mol. The lowest BCUT2D eigenvalue weighted by atomic mass is 10.3. The number of hydrogen-bond donors (Lipinski definition) is 2. The summed E-state index contributed by atoms with van der Waals surface area (Å²) >= 11 is 2.35. The van der Waals surface area contributed by atoms with Gasteiger partial charge in [0.05, 0.1) is 9.09 Å². The zero-order valence-electron chi connectivity index (χ0n) is 10.6. The first kappa shape index (κ1) is 15.9. The molecule has 0 atom stereocenters. The Hall–Kier alpha value is -1.52. The van der Waals surface area contributed by atoms with Crippen LogP contribution < -0.4 is 4.72 Å². The molecule has 2 rings (SSSR count). The summed E-state index contributed by atoms with van der Waals surface area (Å²) in [7, 11) is 1.24. The Kier molecular flexibility index (Phi) is 4.59. The van der Waals surface area contributed by atoms with Crippen molar-refractivity contribution in [2.45, 2.75) is 10.4 Å². The van der Waals surface area contributed by atoms with Crippen LogP contribution in [0.3, 0.4) is 0 Å². The molecule has 21 heavy (non-hydrogen) atoms. The van der Waals surface area contributed by atoms with Crippen molar-refractivity contribution >= 4 is 29.3 Å². The Morgan fingerprint density at radius 3 is 2.81 bits per heavy atom. The summed E-state index contributed by atoms with van der Waals surface area (Å²) in [6.07, 6.45) is -4.45. The van der Waals surface area contributed by atoms with Crippen molar-refractivity contribution in [3.8, 4) is 10.6 Å². The molecule has 0 aliphatic rings. The number of aliphatic carboxylic acids is 1. The molecule has 10 heteroatoms. The van der Waals surface area contributed by atoms with E-state index in [1.54, 1.807) is 12.1 Å². The normalized spacial score (nSPS) is 11.8. The third-order valence-corrected chi connectivity index (χ3v) is 4.43. The summed E-state index contributed by atoms with van der Waals surface area (Å²) < 4.78 is 42.3. The number of alkyl halides is 3. The van der Waals surface area contributed by atoms with Gasteiger partial charge < -0.3 is 5.11 Å². The molecule has 0 bridgehead atoms. The topological polar surface area (TPSA) is 67.2 Å². The third-order valence-electron chi connectivity index (χ3n) is 2.40. The van der Waals surface area contributed by atoms with Crippen LogP contribution in [0.5, 0.6) is 0 Å². The molecule has 114 valence electrons. The number of nitrogens with one attached hydrogen (secondary N) is 1. The first-order valence-electron chi connectivity index (χ1n) is 5.60. The van der Waals surface area contributed by atoms with Crippen molar-refractivity contribution in [1.29, 1.82) is 0 Å². The lowest BCUT2D eigenvalue weighted by Gasteiger charge is -2.04. The van der Waals surface area contributed by atoms with E-state index in [2.05, 4.69) is 9.82 Å². The van der Waals surface area contributed by atoms with E-state index >= 15 is 0 Å². The Morgan fingerprint density at radius 1 is 1.52 bits per heavy atom. The molecular weight excluding hydrogens is 327 g/mol. The van der Waals surface area contributed by atoms with Crippen molar-refractivity contribution in [2.75, 3.05) is 6.54 Å². The van der Waals surface area contributed by atoms with Gasteiger partial charge in [0, 0.05) is 7.05 Å². The Labute approximate surface area is 125 Å². The van der Waals surface area contributed by atoms with E-state index in [-0.39, 0.29) is 12.2 Å². The van der Waals surface area contributed by atoms with Crippen LogP contribution in [-0.2, 0) is 18.0 Å². The zero-order valence-corrected chi connectivity index (χ0v) is 12.3. The second-order valence-corrected chi connectivity index (χ2v) is 6.25. The van der Waals surface area contributed by atoms with E-state index in [0.29, 0.717) is 4.88 Å². The van der Waals surface area contributed by atoms with Crippen LogP contribution in [0, 0.1) is 0 Å². The molecule has 0 aliphatic carbocycles. The maximum Gasteiger partial charge on any atom is 0.433 e. The fourth-order valence-electron chi connectivity index (χ4n) is 1.53. The van der Waals surface area contributed by atoms with Crippen LogP contribution >= 0.6 is 23.3 Å². The first-order chi connectivity index (χ1) is 9.77. The molecule has 2 N–H and O–H groups in total. The number of rotatable bonds is 5. The van der Waals surface area contributed by atoms with E-state index < -0.39 is 17.8 Å². The number of nitrogens with zero attached hydrogens (tertiary/aromatic N) is 2. The van der Waals surface area contributed by atoms with Gasteiger partial charge in [-0.15, -0.1) is 11.3 Å². The molecule has 0 aromatic carbocycles. The highest BCUT2D eigenvalue weighted by molar-refractivity contribution is 7.99. The number of aryl methyl sites for hydroxylation is 1. The van der Waals surface area contributed by atoms with Crippen LogP contribution in [0.1, 0.15) is 5.69 Å². The maximum atomic E-state index is 12.7. The van der Waals surface area contributed by atoms with Gasteiger partial charge in [-0.05, 0) is 30.1 Å². The van der Waals surface area contributed by atoms with Crippen LogP contribution in [-0.4, -0.2) is 27.4 Å². The minimum Gasteiger partial charge on any atom is -0.480 e. The maximum absolute atomic E-state index is 12.7. The monoisotopic (exact) mass is 337 g/mol. The fraction of sp³-hybridized carbons (Fsp3) is 0.273. The van der Waals surface area contributed by atoms with Gasteiger partial charge in [-0.3, -0.25) is 9.48 Å². The average molecular weight is 337 g/mol. The molecule has 2 aromatic rings. The van der Waals surface area contributed by atoms with Crippen LogP contribution in [0.25, 0.3) is 10.6 Å². The standard InChI is InChI=1S/C11H10F3N3O2S2/c1-17-8(11(12,13)14)4-6(16-17)7-2-3-10(20-7)21-15-5-9(18)19/h2-4,15H,5H2,1H3,(H,18,19). The number of carbonyl (C=O) groups is 1. The lowest BCUT2D eigenvalue weighted by Crippen LogP contribution is -2.14. The molecular formula is C11H10F3N3O2S2. The summed E-state index contributed by atoms with van der Waals surface area (Å²) in [4.78, 5) is 10.9. The summed E-state index contributed by atoms with van der Waals surface area (Å²) in [5, 5.41) is 12.3. The van der Waals surface area contributed by atoms with Crippen LogP contribution in [0.15, 0.2) is 22.4 Å².